The fourth-order valence-electron chi connectivity index (χ4n) is 10.3. The summed E-state index contributed by atoms with van der Waals surface area (Å²) in [5.74, 6) is -0.855. The average Bonchev–Trinajstić information content (AvgIpc) is 3.48. The number of carbonyl (C=O) groups is 3. The van der Waals surface area contributed by atoms with Gasteiger partial charge in [0.05, 0.1) is 0 Å². The predicted molar refractivity (Wildman–Crippen MR) is 358 cm³/mol. The minimum absolute atomic E-state index is 0.0710. The fraction of sp³-hybridized carbons (Fsp3) is 0.776. The first-order chi connectivity index (χ1) is 40.5. The Morgan fingerprint density at radius 3 is 0.756 bits per heavy atom. The molecule has 6 heteroatoms. The largest absolute Gasteiger partial charge is 0.462 e. The molecule has 6 nitrogen and oxygen atoms in total. The summed E-state index contributed by atoms with van der Waals surface area (Å²) >= 11 is 0. The molecule has 474 valence electrons. The van der Waals surface area contributed by atoms with Crippen LogP contribution in [0, 0.1) is 0 Å². The first kappa shape index (κ1) is 78.6. The first-order valence-corrected chi connectivity index (χ1v) is 35.6. The molecule has 1 atom stereocenters. The summed E-state index contributed by atoms with van der Waals surface area (Å²) in [6, 6.07) is 0. The van der Waals surface area contributed by atoms with Crippen LogP contribution in [-0.4, -0.2) is 37.2 Å². The third-order valence-electron chi connectivity index (χ3n) is 15.6. The first-order valence-electron chi connectivity index (χ1n) is 35.6. The van der Waals surface area contributed by atoms with Gasteiger partial charge in [-0.05, 0) is 96.3 Å². The zero-order valence-corrected chi connectivity index (χ0v) is 54.5. The van der Waals surface area contributed by atoms with Crippen LogP contribution in [0.3, 0.4) is 0 Å². The molecule has 0 fully saturated rings. The van der Waals surface area contributed by atoms with E-state index in [2.05, 4.69) is 106 Å². The Morgan fingerprint density at radius 2 is 0.476 bits per heavy atom. The van der Waals surface area contributed by atoms with Gasteiger partial charge in [0.2, 0.25) is 0 Å². The fourth-order valence-corrected chi connectivity index (χ4v) is 10.3. The number of rotatable bonds is 65. The summed E-state index contributed by atoms with van der Waals surface area (Å²) in [6.45, 7) is 6.55. The molecular formula is C76H134O6. The molecule has 0 N–H and O–H groups in total. The van der Waals surface area contributed by atoms with E-state index in [0.717, 1.165) is 96.3 Å². The molecular weight excluding hydrogens is 1010 g/mol. The summed E-state index contributed by atoms with van der Waals surface area (Å²) < 4.78 is 16.9. The van der Waals surface area contributed by atoms with Crippen LogP contribution in [-0.2, 0) is 28.6 Å². The van der Waals surface area contributed by atoms with E-state index in [1.165, 1.54) is 225 Å². The van der Waals surface area contributed by atoms with Gasteiger partial charge in [-0.3, -0.25) is 14.4 Å². The van der Waals surface area contributed by atoms with Crippen LogP contribution >= 0.6 is 0 Å². The summed E-state index contributed by atoms with van der Waals surface area (Å²) in [5, 5.41) is 0. The molecule has 0 spiro atoms. The van der Waals surface area contributed by atoms with E-state index in [1.807, 2.05) is 0 Å². The minimum atomic E-state index is -0.774. The smallest absolute Gasteiger partial charge is 0.306 e. The van der Waals surface area contributed by atoms with Gasteiger partial charge in [0.15, 0.2) is 6.10 Å². The minimum Gasteiger partial charge on any atom is -0.462 e. The highest BCUT2D eigenvalue weighted by atomic mass is 16.6. The monoisotopic (exact) mass is 1140 g/mol. The Bertz CT molecular complexity index is 1550. The molecule has 0 bridgehead atoms. The second-order valence-corrected chi connectivity index (χ2v) is 23.8. The third kappa shape index (κ3) is 67.4. The lowest BCUT2D eigenvalue weighted by Gasteiger charge is -2.18. The molecule has 0 aliphatic carbocycles. The van der Waals surface area contributed by atoms with Crippen LogP contribution in [0.4, 0.5) is 0 Å². The molecule has 0 amide bonds. The predicted octanol–water partition coefficient (Wildman–Crippen LogP) is 24.6. The van der Waals surface area contributed by atoms with Gasteiger partial charge in [-0.2, -0.15) is 0 Å². The summed E-state index contributed by atoms with van der Waals surface area (Å²) in [6.07, 6.45) is 93.4. The number of unbranched alkanes of at least 4 members (excludes halogenated alkanes) is 40. The van der Waals surface area contributed by atoms with Crippen molar-refractivity contribution >= 4 is 17.9 Å². The molecule has 0 radical (unpaired) electrons. The maximum absolute atomic E-state index is 12.9. The van der Waals surface area contributed by atoms with Crippen molar-refractivity contribution in [1.29, 1.82) is 0 Å². The van der Waals surface area contributed by atoms with Crippen molar-refractivity contribution in [2.24, 2.45) is 0 Å². The van der Waals surface area contributed by atoms with Crippen LogP contribution in [0.2, 0.25) is 0 Å². The summed E-state index contributed by atoms with van der Waals surface area (Å²) in [7, 11) is 0. The van der Waals surface area contributed by atoms with E-state index >= 15 is 0 Å². The lowest BCUT2D eigenvalue weighted by molar-refractivity contribution is -0.167. The van der Waals surface area contributed by atoms with Crippen LogP contribution in [0.15, 0.2) is 85.1 Å². The van der Waals surface area contributed by atoms with Gasteiger partial charge >= 0.3 is 17.9 Å². The van der Waals surface area contributed by atoms with Gasteiger partial charge in [0.25, 0.3) is 0 Å². The van der Waals surface area contributed by atoms with Crippen LogP contribution in [0.5, 0.6) is 0 Å². The lowest BCUT2D eigenvalue weighted by Crippen LogP contribution is -2.30. The number of hydrogen-bond acceptors (Lipinski definition) is 6. The van der Waals surface area contributed by atoms with Gasteiger partial charge in [0, 0.05) is 19.3 Å². The molecule has 0 aliphatic rings. The highest BCUT2D eigenvalue weighted by Crippen LogP contribution is 2.18. The average molecular weight is 1140 g/mol. The number of hydrogen-bond donors (Lipinski definition) is 0. The van der Waals surface area contributed by atoms with Crippen molar-refractivity contribution in [3.63, 3.8) is 0 Å². The Hall–Kier alpha value is -3.41. The Morgan fingerprint density at radius 1 is 0.256 bits per heavy atom. The molecule has 82 heavy (non-hydrogen) atoms. The van der Waals surface area contributed by atoms with Gasteiger partial charge in [0.1, 0.15) is 13.2 Å². The van der Waals surface area contributed by atoms with E-state index in [-0.39, 0.29) is 31.1 Å². The SMILES string of the molecule is CC/C=C\C/C=C\C/C=C\C/C=C\C/C=C\C/C=C\CCCCCCCCCCCCCCCCCCC(=O)OCC(COC(=O)CCCCCCCCCCCC)OC(=O)CCCCCCCCCCC/C=C\CCCCCCCC. The highest BCUT2D eigenvalue weighted by molar-refractivity contribution is 5.71. The second-order valence-electron chi connectivity index (χ2n) is 23.8. The van der Waals surface area contributed by atoms with Crippen molar-refractivity contribution in [3.8, 4) is 0 Å². The topological polar surface area (TPSA) is 78.9 Å². The van der Waals surface area contributed by atoms with Crippen LogP contribution in [0.25, 0.3) is 0 Å². The van der Waals surface area contributed by atoms with Crippen molar-refractivity contribution in [2.45, 2.75) is 367 Å². The van der Waals surface area contributed by atoms with Crippen molar-refractivity contribution in [1.82, 2.24) is 0 Å². The normalized spacial score (nSPS) is 12.6. The molecule has 0 aliphatic heterocycles. The number of carbonyl (C=O) groups excluding carboxylic acids is 3. The lowest BCUT2D eigenvalue weighted by atomic mass is 10.0. The molecule has 0 aromatic carbocycles. The number of ether oxygens (including phenoxy) is 3. The molecule has 0 aromatic heterocycles. The van der Waals surface area contributed by atoms with Gasteiger partial charge in [-0.25, -0.2) is 0 Å². The Labute approximate surface area is 509 Å². The maximum atomic E-state index is 12.9. The summed E-state index contributed by atoms with van der Waals surface area (Å²) in [5.41, 5.74) is 0. The van der Waals surface area contributed by atoms with E-state index < -0.39 is 6.10 Å². The highest BCUT2D eigenvalue weighted by Gasteiger charge is 2.19. The molecule has 0 heterocycles. The van der Waals surface area contributed by atoms with E-state index in [9.17, 15) is 14.4 Å². The zero-order valence-electron chi connectivity index (χ0n) is 54.5. The van der Waals surface area contributed by atoms with Crippen LogP contribution < -0.4 is 0 Å². The second kappa shape index (κ2) is 70.1. The third-order valence-corrected chi connectivity index (χ3v) is 15.6. The summed E-state index contributed by atoms with van der Waals surface area (Å²) in [4.78, 5) is 38.3. The molecule has 0 rings (SSSR count). The van der Waals surface area contributed by atoms with Crippen molar-refractivity contribution < 1.29 is 28.6 Å². The Balaban J connectivity index is 4.10. The zero-order chi connectivity index (χ0) is 59.2. The Kier molecular flexibility index (Phi) is 67.2. The van der Waals surface area contributed by atoms with Gasteiger partial charge < -0.3 is 14.2 Å². The van der Waals surface area contributed by atoms with Crippen molar-refractivity contribution in [3.05, 3.63) is 85.1 Å². The molecule has 1 unspecified atom stereocenters. The molecule has 0 saturated heterocycles. The van der Waals surface area contributed by atoms with Gasteiger partial charge in [-0.1, -0.05) is 331 Å². The van der Waals surface area contributed by atoms with Crippen molar-refractivity contribution in [2.75, 3.05) is 13.2 Å². The maximum Gasteiger partial charge on any atom is 0.306 e. The van der Waals surface area contributed by atoms with Gasteiger partial charge in [-0.15, -0.1) is 0 Å². The number of allylic oxidation sites excluding steroid dienone is 14. The number of esters is 3. The molecule has 0 aromatic rings. The quantitative estimate of drug-likeness (QED) is 0.0261. The van der Waals surface area contributed by atoms with E-state index in [4.69, 9.17) is 14.2 Å². The van der Waals surface area contributed by atoms with Crippen LogP contribution in [0.1, 0.15) is 361 Å². The standard InChI is InChI=1S/C76H134O6/c1-4-7-10-13-16-19-22-24-26-28-30-31-32-33-34-35-36-37-38-39-40-41-42-43-44-45-47-48-50-52-54-57-60-63-66-69-75(78)81-72-73(71-80-74(77)68-65-62-59-56-21-18-15-12-9-6-3)82-76(79)70-67-64-61-58-55-53-51-49-46-29-27-25-23-20-17-14-11-8-5-2/h7,10,16,19,24-27,30-31,33-34,36-37,73H,4-6,8-9,11-15,17-18,20-23,28-29,32,35,38-72H2,1-3H3/b10-7-,19-16-,26-24-,27-25-,31-30-,34-33-,37-36-. The van der Waals surface area contributed by atoms with E-state index in [0.29, 0.717) is 19.3 Å². The molecule has 0 saturated carbocycles. The van der Waals surface area contributed by atoms with E-state index in [1.54, 1.807) is 0 Å².